The summed E-state index contributed by atoms with van der Waals surface area (Å²) in [5, 5.41) is 0. The number of sulfonamides is 1. The van der Waals surface area contributed by atoms with Crippen molar-refractivity contribution in [2.24, 2.45) is 0 Å². The van der Waals surface area contributed by atoms with E-state index in [9.17, 15) is 13.2 Å². The Bertz CT molecular complexity index is 1230. The maximum absolute atomic E-state index is 13.3. The molecule has 7 heteroatoms. The minimum Gasteiger partial charge on any atom is -0.465 e. The Morgan fingerprint density at radius 1 is 0.844 bits per heavy atom. The number of hydrogen-bond donors (Lipinski definition) is 0. The number of ether oxygens (including phenoxy) is 2. The van der Waals surface area contributed by atoms with E-state index in [-0.39, 0.29) is 17.0 Å². The highest BCUT2D eigenvalue weighted by Crippen LogP contribution is 2.29. The summed E-state index contributed by atoms with van der Waals surface area (Å²) in [6.45, 7) is 7.77. The van der Waals surface area contributed by atoms with E-state index in [0.29, 0.717) is 17.0 Å². The molecule has 168 valence electrons. The van der Waals surface area contributed by atoms with Crippen molar-refractivity contribution in [2.75, 3.05) is 18.0 Å². The second-order valence-corrected chi connectivity index (χ2v) is 9.34. The van der Waals surface area contributed by atoms with Gasteiger partial charge in [-0.1, -0.05) is 12.1 Å². The zero-order valence-electron chi connectivity index (χ0n) is 18.9. The van der Waals surface area contributed by atoms with E-state index in [2.05, 4.69) is 0 Å². The van der Waals surface area contributed by atoms with Crippen LogP contribution in [0.1, 0.15) is 34.0 Å². The van der Waals surface area contributed by atoms with Gasteiger partial charge in [0.25, 0.3) is 10.0 Å². The van der Waals surface area contributed by atoms with Crippen LogP contribution in [0, 0.1) is 20.8 Å². The summed E-state index contributed by atoms with van der Waals surface area (Å²) in [6, 6.07) is 17.2. The molecule has 0 fully saturated rings. The van der Waals surface area contributed by atoms with Gasteiger partial charge in [0.15, 0.2) is 0 Å². The molecule has 0 unspecified atom stereocenters. The lowest BCUT2D eigenvalue weighted by Gasteiger charge is -2.23. The van der Waals surface area contributed by atoms with Gasteiger partial charge in [-0.3, -0.25) is 4.31 Å². The zero-order chi connectivity index (χ0) is 23.5. The van der Waals surface area contributed by atoms with E-state index in [1.807, 2.05) is 32.0 Å². The van der Waals surface area contributed by atoms with Crippen LogP contribution in [-0.4, -0.2) is 28.0 Å². The van der Waals surface area contributed by atoms with Crippen LogP contribution in [0.25, 0.3) is 0 Å². The molecule has 0 aliphatic heterocycles. The van der Waals surface area contributed by atoms with Gasteiger partial charge in [-0.25, -0.2) is 13.2 Å². The van der Waals surface area contributed by atoms with Crippen LogP contribution < -0.4 is 9.04 Å². The number of anilines is 1. The average Bonchev–Trinajstić information content (AvgIpc) is 2.77. The molecule has 3 aromatic rings. The Hall–Kier alpha value is -3.32. The van der Waals surface area contributed by atoms with E-state index < -0.39 is 16.0 Å². The number of nitrogens with zero attached hydrogens (tertiary/aromatic N) is 1. The number of esters is 1. The number of hydrogen-bond acceptors (Lipinski definition) is 5. The minimum absolute atomic E-state index is 0.0285. The van der Waals surface area contributed by atoms with Crippen molar-refractivity contribution >= 4 is 21.7 Å². The fourth-order valence-electron chi connectivity index (χ4n) is 3.30. The predicted molar refractivity (Wildman–Crippen MR) is 125 cm³/mol. The molecule has 0 N–H and O–H groups in total. The van der Waals surface area contributed by atoms with Gasteiger partial charge in [0.1, 0.15) is 11.5 Å². The third kappa shape index (κ3) is 4.78. The lowest BCUT2D eigenvalue weighted by atomic mass is 10.1. The van der Waals surface area contributed by atoms with Crippen LogP contribution >= 0.6 is 0 Å². The van der Waals surface area contributed by atoms with Crippen LogP contribution in [-0.2, 0) is 14.8 Å². The minimum atomic E-state index is -3.88. The number of rotatable bonds is 7. The number of benzene rings is 3. The second kappa shape index (κ2) is 9.44. The average molecular weight is 454 g/mol. The van der Waals surface area contributed by atoms with Gasteiger partial charge < -0.3 is 9.47 Å². The molecule has 0 aliphatic carbocycles. The monoisotopic (exact) mass is 453 g/mol. The van der Waals surface area contributed by atoms with Gasteiger partial charge >= 0.3 is 5.97 Å². The van der Waals surface area contributed by atoms with Crippen LogP contribution in [0.5, 0.6) is 11.5 Å². The molecule has 0 amide bonds. The summed E-state index contributed by atoms with van der Waals surface area (Å²) >= 11 is 0. The van der Waals surface area contributed by atoms with Crippen molar-refractivity contribution in [3.63, 3.8) is 0 Å². The number of carbonyl (C=O) groups is 1. The molecule has 0 radical (unpaired) electrons. The maximum Gasteiger partial charge on any atom is 0.338 e. The van der Waals surface area contributed by atoms with Crippen molar-refractivity contribution in [2.45, 2.75) is 32.6 Å². The first-order valence-corrected chi connectivity index (χ1v) is 11.7. The van der Waals surface area contributed by atoms with E-state index >= 15 is 0 Å². The van der Waals surface area contributed by atoms with Crippen molar-refractivity contribution < 1.29 is 22.7 Å². The second-order valence-electron chi connectivity index (χ2n) is 7.48. The van der Waals surface area contributed by atoms with Crippen LogP contribution in [0.4, 0.5) is 5.69 Å². The smallest absolute Gasteiger partial charge is 0.338 e. The molecule has 0 heterocycles. The first kappa shape index (κ1) is 23.3. The Balaban J connectivity index is 1.89. The molecule has 0 spiro atoms. The highest BCUT2D eigenvalue weighted by molar-refractivity contribution is 7.92. The SMILES string of the molecule is CCN(c1ccc(Oc2ccc(C)c(C)c2)cc1)S(=O)(=O)c1ccc(C)c(C(=O)OC)c1. The van der Waals surface area contributed by atoms with Crippen molar-refractivity contribution in [3.8, 4) is 11.5 Å². The van der Waals surface area contributed by atoms with E-state index in [1.54, 1.807) is 44.2 Å². The van der Waals surface area contributed by atoms with Gasteiger partial charge in [0, 0.05) is 6.54 Å². The van der Waals surface area contributed by atoms with Gasteiger partial charge in [-0.2, -0.15) is 0 Å². The Kier molecular flexibility index (Phi) is 6.89. The van der Waals surface area contributed by atoms with Crippen molar-refractivity contribution in [1.82, 2.24) is 0 Å². The summed E-state index contributed by atoms with van der Waals surface area (Å²) in [6.07, 6.45) is 0. The molecule has 0 aromatic heterocycles. The normalized spacial score (nSPS) is 11.2. The third-order valence-corrected chi connectivity index (χ3v) is 7.23. The van der Waals surface area contributed by atoms with Crippen LogP contribution in [0.3, 0.4) is 0 Å². The molecule has 3 rings (SSSR count). The fourth-order valence-corrected chi connectivity index (χ4v) is 4.80. The maximum atomic E-state index is 13.3. The number of methoxy groups -OCH3 is 1. The first-order chi connectivity index (χ1) is 15.2. The molecule has 0 atom stereocenters. The molecule has 32 heavy (non-hydrogen) atoms. The Morgan fingerprint density at radius 2 is 1.47 bits per heavy atom. The molecule has 0 bridgehead atoms. The highest BCUT2D eigenvalue weighted by Gasteiger charge is 2.25. The van der Waals surface area contributed by atoms with Gasteiger partial charge in [-0.15, -0.1) is 0 Å². The Morgan fingerprint density at radius 3 is 2.06 bits per heavy atom. The van der Waals surface area contributed by atoms with Crippen LogP contribution in [0.2, 0.25) is 0 Å². The molecule has 6 nitrogen and oxygen atoms in total. The summed E-state index contributed by atoms with van der Waals surface area (Å²) < 4.78 is 38.6. The van der Waals surface area contributed by atoms with Gasteiger partial charge in [0.2, 0.25) is 0 Å². The first-order valence-electron chi connectivity index (χ1n) is 10.2. The summed E-state index contributed by atoms with van der Waals surface area (Å²) in [7, 11) is -2.62. The Labute approximate surface area is 189 Å². The molecule has 3 aromatic carbocycles. The summed E-state index contributed by atoms with van der Waals surface area (Å²) in [5.41, 5.74) is 3.68. The van der Waals surface area contributed by atoms with E-state index in [1.165, 1.54) is 29.1 Å². The lowest BCUT2D eigenvalue weighted by Crippen LogP contribution is -2.31. The van der Waals surface area contributed by atoms with Gasteiger partial charge in [-0.05, 0) is 92.9 Å². The summed E-state index contributed by atoms with van der Waals surface area (Å²) in [4.78, 5) is 12.0. The third-order valence-electron chi connectivity index (χ3n) is 5.33. The largest absolute Gasteiger partial charge is 0.465 e. The van der Waals surface area contributed by atoms with Crippen molar-refractivity contribution in [1.29, 1.82) is 0 Å². The quantitative estimate of drug-likeness (QED) is 0.448. The molecule has 0 saturated carbocycles. The number of aryl methyl sites for hydroxylation is 3. The van der Waals surface area contributed by atoms with E-state index in [4.69, 9.17) is 9.47 Å². The van der Waals surface area contributed by atoms with Crippen LogP contribution in [0.15, 0.2) is 65.6 Å². The molecule has 0 saturated heterocycles. The molecular weight excluding hydrogens is 426 g/mol. The molecule has 0 aliphatic rings. The van der Waals surface area contributed by atoms with Gasteiger partial charge in [0.05, 0.1) is 23.3 Å². The molecular formula is C25H27NO5S. The predicted octanol–water partition coefficient (Wildman–Crippen LogP) is 5.41. The fraction of sp³-hybridized carbons (Fsp3) is 0.240. The number of carbonyl (C=O) groups excluding carboxylic acids is 1. The van der Waals surface area contributed by atoms with E-state index in [0.717, 1.165) is 11.3 Å². The lowest BCUT2D eigenvalue weighted by molar-refractivity contribution is 0.0599. The zero-order valence-corrected chi connectivity index (χ0v) is 19.7. The highest BCUT2D eigenvalue weighted by atomic mass is 32.2. The summed E-state index contributed by atoms with van der Waals surface area (Å²) in [5.74, 6) is 0.750. The topological polar surface area (TPSA) is 72.9 Å². The standard InChI is InChI=1S/C25H27NO5S/c1-6-26(32(28,29)23-14-8-18(3)24(16-23)25(27)30-5)20-9-12-21(13-10-20)31-22-11-7-17(2)19(4)15-22/h7-16H,6H2,1-5H3. The van der Waals surface area contributed by atoms with Crippen molar-refractivity contribution in [3.05, 3.63) is 82.9 Å².